The molecule has 0 saturated heterocycles. The van der Waals surface area contributed by atoms with E-state index in [9.17, 15) is 0 Å². The topological polar surface area (TPSA) is 42.1 Å². The third kappa shape index (κ3) is 3.91. The molecular weight excluding hydrogens is 210 g/mol. The summed E-state index contributed by atoms with van der Waals surface area (Å²) in [5.74, 6) is 1.04. The van der Waals surface area contributed by atoms with Crippen molar-refractivity contribution in [2.24, 2.45) is 0 Å². The van der Waals surface area contributed by atoms with Gasteiger partial charge in [-0.3, -0.25) is 0 Å². The molecule has 0 radical (unpaired) electrons. The lowest BCUT2D eigenvalue weighted by Gasteiger charge is -2.28. The molecular formula is C14H25N3. The average Bonchev–Trinajstić information content (AvgIpc) is 2.28. The van der Waals surface area contributed by atoms with Crippen LogP contribution in [0.1, 0.15) is 45.7 Å². The molecule has 0 aromatic carbocycles. The van der Waals surface area contributed by atoms with E-state index < -0.39 is 0 Å². The van der Waals surface area contributed by atoms with Crippen LogP contribution in [0.3, 0.4) is 0 Å². The van der Waals surface area contributed by atoms with Crippen LogP contribution in [-0.4, -0.2) is 17.6 Å². The number of hydrogen-bond acceptors (Lipinski definition) is 3. The summed E-state index contributed by atoms with van der Waals surface area (Å²) < 4.78 is 0. The second kappa shape index (κ2) is 6.48. The van der Waals surface area contributed by atoms with Crippen molar-refractivity contribution in [1.29, 1.82) is 0 Å². The zero-order valence-electron chi connectivity index (χ0n) is 11.5. The van der Waals surface area contributed by atoms with Gasteiger partial charge < -0.3 is 10.6 Å². The maximum Gasteiger partial charge on any atom is 0.129 e. The Labute approximate surface area is 105 Å². The Morgan fingerprint density at radius 3 is 2.53 bits per heavy atom. The fourth-order valence-electron chi connectivity index (χ4n) is 1.89. The average molecular weight is 235 g/mol. The highest BCUT2D eigenvalue weighted by Gasteiger charge is 2.12. The van der Waals surface area contributed by atoms with Crippen molar-refractivity contribution in [3.63, 3.8) is 0 Å². The number of aryl methyl sites for hydroxylation is 1. The molecule has 0 aliphatic carbocycles. The van der Waals surface area contributed by atoms with Crippen LogP contribution < -0.4 is 10.6 Å². The Kier molecular flexibility index (Phi) is 5.26. The van der Waals surface area contributed by atoms with Crippen LogP contribution in [0.2, 0.25) is 0 Å². The van der Waals surface area contributed by atoms with Gasteiger partial charge in [-0.15, -0.1) is 0 Å². The fraction of sp³-hybridized carbons (Fsp3) is 0.643. The Balaban J connectivity index is 2.78. The maximum absolute atomic E-state index is 5.81. The Morgan fingerprint density at radius 2 is 2.00 bits per heavy atom. The summed E-state index contributed by atoms with van der Waals surface area (Å²) in [4.78, 5) is 6.92. The molecule has 0 unspecified atom stereocenters. The molecule has 0 aliphatic heterocycles. The fourth-order valence-corrected chi connectivity index (χ4v) is 1.89. The van der Waals surface area contributed by atoms with Crippen molar-refractivity contribution in [3.05, 3.63) is 17.8 Å². The van der Waals surface area contributed by atoms with E-state index in [1.807, 2.05) is 19.1 Å². The molecule has 2 N–H and O–H groups in total. The van der Waals surface area contributed by atoms with Gasteiger partial charge in [0.15, 0.2) is 0 Å². The minimum atomic E-state index is 0.474. The van der Waals surface area contributed by atoms with Crippen LogP contribution in [0, 0.1) is 6.92 Å². The van der Waals surface area contributed by atoms with Crippen LogP contribution in [0.25, 0.3) is 0 Å². The monoisotopic (exact) mass is 235 g/mol. The third-order valence-electron chi connectivity index (χ3n) is 3.03. The molecule has 3 heteroatoms. The molecule has 0 amide bonds. The second-order valence-corrected chi connectivity index (χ2v) is 4.84. The molecule has 0 fully saturated rings. The van der Waals surface area contributed by atoms with E-state index in [4.69, 9.17) is 5.73 Å². The number of pyridine rings is 1. The normalized spacial score (nSPS) is 10.9. The van der Waals surface area contributed by atoms with E-state index in [1.165, 1.54) is 19.3 Å². The summed E-state index contributed by atoms with van der Waals surface area (Å²) >= 11 is 0. The zero-order chi connectivity index (χ0) is 12.8. The van der Waals surface area contributed by atoms with Gasteiger partial charge in [0.2, 0.25) is 0 Å². The minimum Gasteiger partial charge on any atom is -0.397 e. The van der Waals surface area contributed by atoms with Crippen molar-refractivity contribution in [2.45, 2.75) is 53.0 Å². The van der Waals surface area contributed by atoms with Crippen molar-refractivity contribution in [1.82, 2.24) is 4.98 Å². The van der Waals surface area contributed by atoms with E-state index in [0.717, 1.165) is 23.7 Å². The molecule has 1 aromatic rings. The van der Waals surface area contributed by atoms with E-state index in [0.29, 0.717) is 6.04 Å². The molecule has 17 heavy (non-hydrogen) atoms. The molecule has 0 atom stereocenters. The highest BCUT2D eigenvalue weighted by Crippen LogP contribution is 2.19. The number of hydrogen-bond donors (Lipinski definition) is 1. The number of nitrogen functional groups attached to an aromatic ring is 1. The number of nitrogens with two attached hydrogens (primary N) is 1. The number of aromatic nitrogens is 1. The Bertz CT molecular complexity index is 347. The molecule has 0 spiro atoms. The molecule has 0 saturated carbocycles. The van der Waals surface area contributed by atoms with Gasteiger partial charge in [-0.25, -0.2) is 4.98 Å². The lowest BCUT2D eigenvalue weighted by atomic mass is 10.2. The summed E-state index contributed by atoms with van der Waals surface area (Å²) in [6.07, 6.45) is 3.75. The lowest BCUT2D eigenvalue weighted by Crippen LogP contribution is -2.32. The molecule has 0 bridgehead atoms. The highest BCUT2D eigenvalue weighted by molar-refractivity contribution is 5.50. The Morgan fingerprint density at radius 1 is 1.29 bits per heavy atom. The smallest absolute Gasteiger partial charge is 0.129 e. The summed E-state index contributed by atoms with van der Waals surface area (Å²) in [7, 11) is 0. The lowest BCUT2D eigenvalue weighted by molar-refractivity contribution is 0.619. The van der Waals surface area contributed by atoms with Gasteiger partial charge >= 0.3 is 0 Å². The van der Waals surface area contributed by atoms with Crippen LogP contribution in [0.15, 0.2) is 12.1 Å². The molecule has 3 nitrogen and oxygen atoms in total. The molecule has 1 heterocycles. The largest absolute Gasteiger partial charge is 0.397 e. The van der Waals surface area contributed by atoms with Gasteiger partial charge in [-0.1, -0.05) is 19.8 Å². The van der Waals surface area contributed by atoms with Crippen molar-refractivity contribution in [3.8, 4) is 0 Å². The van der Waals surface area contributed by atoms with Crippen molar-refractivity contribution < 1.29 is 0 Å². The first-order valence-electron chi connectivity index (χ1n) is 6.56. The van der Waals surface area contributed by atoms with E-state index in [-0.39, 0.29) is 0 Å². The van der Waals surface area contributed by atoms with Gasteiger partial charge in [-0.2, -0.15) is 0 Å². The summed E-state index contributed by atoms with van der Waals surface area (Å²) in [5, 5.41) is 0. The van der Waals surface area contributed by atoms with Gasteiger partial charge in [0, 0.05) is 12.6 Å². The zero-order valence-corrected chi connectivity index (χ0v) is 11.5. The Hall–Kier alpha value is -1.25. The number of unbranched alkanes of at least 4 members (excludes halogenated alkanes) is 2. The van der Waals surface area contributed by atoms with Crippen molar-refractivity contribution >= 4 is 11.5 Å². The summed E-state index contributed by atoms with van der Waals surface area (Å²) in [6.45, 7) is 9.68. The number of anilines is 2. The predicted octanol–water partition coefficient (Wildman–Crippen LogP) is 3.38. The molecule has 1 aromatic heterocycles. The van der Waals surface area contributed by atoms with Gasteiger partial charge in [0.25, 0.3) is 0 Å². The van der Waals surface area contributed by atoms with E-state index in [1.54, 1.807) is 0 Å². The minimum absolute atomic E-state index is 0.474. The maximum atomic E-state index is 5.81. The van der Waals surface area contributed by atoms with Gasteiger partial charge in [0.1, 0.15) is 5.82 Å². The standard InChI is InChI=1S/C14H25N3/c1-5-6-7-10-17(11(2)3)14-9-8-13(15)12(4)16-14/h8-9,11H,5-7,10,15H2,1-4H3. The van der Waals surface area contributed by atoms with Gasteiger partial charge in [0.05, 0.1) is 11.4 Å². The molecule has 96 valence electrons. The molecule has 1 rings (SSSR count). The highest BCUT2D eigenvalue weighted by atomic mass is 15.2. The number of rotatable bonds is 6. The summed E-state index contributed by atoms with van der Waals surface area (Å²) in [5.41, 5.74) is 7.50. The number of nitrogens with zero attached hydrogens (tertiary/aromatic N) is 2. The quantitative estimate of drug-likeness (QED) is 0.769. The van der Waals surface area contributed by atoms with E-state index in [2.05, 4.69) is 30.7 Å². The van der Waals surface area contributed by atoms with Crippen molar-refractivity contribution in [2.75, 3.05) is 17.2 Å². The summed E-state index contributed by atoms with van der Waals surface area (Å²) in [6, 6.07) is 4.45. The SMILES string of the molecule is CCCCCN(c1ccc(N)c(C)n1)C(C)C. The second-order valence-electron chi connectivity index (χ2n) is 4.84. The van der Waals surface area contributed by atoms with Gasteiger partial charge in [-0.05, 0) is 39.3 Å². The van der Waals surface area contributed by atoms with Crippen LogP contribution in [-0.2, 0) is 0 Å². The van der Waals surface area contributed by atoms with Crippen LogP contribution in [0.4, 0.5) is 11.5 Å². The third-order valence-corrected chi connectivity index (χ3v) is 3.03. The first-order valence-corrected chi connectivity index (χ1v) is 6.56. The van der Waals surface area contributed by atoms with E-state index >= 15 is 0 Å². The predicted molar refractivity (Wildman–Crippen MR) is 75.4 cm³/mol. The first kappa shape index (κ1) is 13.8. The molecule has 0 aliphatic rings. The first-order chi connectivity index (χ1) is 8.06. The van der Waals surface area contributed by atoms with Crippen LogP contribution in [0.5, 0.6) is 0 Å². The van der Waals surface area contributed by atoms with Crippen LogP contribution >= 0.6 is 0 Å².